The van der Waals surface area contributed by atoms with E-state index >= 15 is 0 Å². The summed E-state index contributed by atoms with van der Waals surface area (Å²) >= 11 is 0. The highest BCUT2D eigenvalue weighted by Crippen LogP contribution is 2.43. The van der Waals surface area contributed by atoms with Crippen LogP contribution in [0.5, 0.6) is 11.5 Å². The van der Waals surface area contributed by atoms with Gasteiger partial charge in [-0.05, 0) is 24.3 Å². The van der Waals surface area contributed by atoms with Crippen LogP contribution in [0.4, 0.5) is 5.69 Å². The summed E-state index contributed by atoms with van der Waals surface area (Å²) in [6.45, 7) is 2.22. The molecule has 0 aliphatic carbocycles. The van der Waals surface area contributed by atoms with Crippen LogP contribution in [0.3, 0.4) is 0 Å². The minimum absolute atomic E-state index is 0.0573. The van der Waals surface area contributed by atoms with Crippen LogP contribution in [0.2, 0.25) is 0 Å². The number of carbonyl (C=O) groups excluding carboxylic acids is 1. The highest BCUT2D eigenvalue weighted by Gasteiger charge is 2.33. The van der Waals surface area contributed by atoms with E-state index in [1.165, 1.54) is 4.31 Å². The first-order valence-electron chi connectivity index (χ1n) is 11.4. The number of piperazine rings is 1. The van der Waals surface area contributed by atoms with Gasteiger partial charge in [0.25, 0.3) is 0 Å². The molecule has 3 aromatic rings. The van der Waals surface area contributed by atoms with Gasteiger partial charge < -0.3 is 15.0 Å². The van der Waals surface area contributed by atoms with E-state index in [-0.39, 0.29) is 18.2 Å². The van der Waals surface area contributed by atoms with Crippen molar-refractivity contribution in [2.45, 2.75) is 5.92 Å². The topological polar surface area (TPSA) is 79.0 Å². The number of ether oxygens (including phenoxy) is 1. The number of carbonyl (C=O) groups is 1. The second kappa shape index (κ2) is 9.48. The Morgan fingerprint density at radius 1 is 0.824 bits per heavy atom. The summed E-state index contributed by atoms with van der Waals surface area (Å²) in [5.74, 6) is 0.387. The van der Waals surface area contributed by atoms with Gasteiger partial charge in [-0.1, -0.05) is 54.6 Å². The lowest BCUT2D eigenvalue weighted by atomic mass is 9.87. The fourth-order valence-corrected chi connectivity index (χ4v) is 5.93. The fourth-order valence-electron chi connectivity index (χ4n) is 4.59. The molecule has 3 aromatic carbocycles. The van der Waals surface area contributed by atoms with Crippen molar-refractivity contribution in [1.29, 1.82) is 0 Å². The fraction of sp³-hybridized carbons (Fsp3) is 0.269. The lowest BCUT2D eigenvalue weighted by Gasteiger charge is -2.35. The molecule has 0 radical (unpaired) electrons. The number of para-hydroxylation sites is 3. The Balaban J connectivity index is 1.21. The van der Waals surface area contributed by atoms with Gasteiger partial charge in [0.15, 0.2) is 0 Å². The Kier molecular flexibility index (Phi) is 6.26. The molecule has 1 N–H and O–H groups in total. The van der Waals surface area contributed by atoms with Crippen LogP contribution < -0.4 is 15.0 Å². The van der Waals surface area contributed by atoms with Gasteiger partial charge >= 0.3 is 0 Å². The number of sulfonamides is 1. The van der Waals surface area contributed by atoms with Gasteiger partial charge in [0.1, 0.15) is 11.5 Å². The Morgan fingerprint density at radius 3 is 2.00 bits per heavy atom. The number of hydrogen-bond acceptors (Lipinski definition) is 5. The largest absolute Gasteiger partial charge is 0.457 e. The normalized spacial score (nSPS) is 16.3. The minimum atomic E-state index is -3.47. The molecule has 5 rings (SSSR count). The molecular weight excluding hydrogens is 450 g/mol. The third kappa shape index (κ3) is 4.51. The molecule has 1 saturated heterocycles. The quantitative estimate of drug-likeness (QED) is 0.590. The predicted molar refractivity (Wildman–Crippen MR) is 132 cm³/mol. The number of rotatable bonds is 6. The van der Waals surface area contributed by atoms with E-state index in [0.29, 0.717) is 37.7 Å². The first-order valence-corrected chi connectivity index (χ1v) is 13.0. The Bertz CT molecular complexity index is 1230. The number of amides is 1. The summed E-state index contributed by atoms with van der Waals surface area (Å²) in [6.07, 6.45) is 0. The summed E-state index contributed by atoms with van der Waals surface area (Å²) in [5.41, 5.74) is 2.65. The van der Waals surface area contributed by atoms with Crippen molar-refractivity contribution in [3.05, 3.63) is 90.0 Å². The zero-order chi connectivity index (χ0) is 23.5. The van der Waals surface area contributed by atoms with Gasteiger partial charge in [-0.15, -0.1) is 0 Å². The number of hydrogen-bond donors (Lipinski definition) is 1. The van der Waals surface area contributed by atoms with Crippen molar-refractivity contribution < 1.29 is 17.9 Å². The number of benzene rings is 3. The third-order valence-corrected chi connectivity index (χ3v) is 8.23. The zero-order valence-corrected chi connectivity index (χ0v) is 19.6. The van der Waals surface area contributed by atoms with Crippen molar-refractivity contribution in [2.24, 2.45) is 0 Å². The Labute approximate surface area is 200 Å². The molecule has 1 amide bonds. The smallest absolute Gasteiger partial charge is 0.232 e. The molecule has 0 aromatic heterocycles. The first-order chi connectivity index (χ1) is 16.5. The van der Waals surface area contributed by atoms with Gasteiger partial charge in [-0.2, -0.15) is 4.31 Å². The van der Waals surface area contributed by atoms with Crippen LogP contribution in [0.1, 0.15) is 17.0 Å². The Morgan fingerprint density at radius 2 is 1.38 bits per heavy atom. The van der Waals surface area contributed by atoms with E-state index in [4.69, 9.17) is 4.74 Å². The summed E-state index contributed by atoms with van der Waals surface area (Å²) in [6, 6.07) is 24.9. The number of anilines is 1. The molecule has 0 unspecified atom stereocenters. The highest BCUT2D eigenvalue weighted by atomic mass is 32.2. The maximum atomic E-state index is 13.2. The molecule has 1 fully saturated rings. The van der Waals surface area contributed by atoms with E-state index in [9.17, 15) is 13.2 Å². The maximum absolute atomic E-state index is 13.2. The standard InChI is InChI=1S/C26H27N3O4S/c30-26(25-21-10-4-6-12-23(21)33-24-13-7-5-11-22(24)25)27-14-19-34(31,32)29-17-15-28(16-18-29)20-8-2-1-3-9-20/h1-13,25H,14-19H2,(H,27,30). The molecule has 176 valence electrons. The van der Waals surface area contributed by atoms with E-state index in [1.54, 1.807) is 0 Å². The molecule has 8 heteroatoms. The van der Waals surface area contributed by atoms with Crippen molar-refractivity contribution >= 4 is 21.6 Å². The SMILES string of the molecule is O=C(NCCS(=O)(=O)N1CCN(c2ccccc2)CC1)C1c2ccccc2Oc2ccccc21. The van der Waals surface area contributed by atoms with Crippen LogP contribution in [0.15, 0.2) is 78.9 Å². The summed E-state index contributed by atoms with van der Waals surface area (Å²) in [5, 5.41) is 2.85. The molecular formula is C26H27N3O4S. The van der Waals surface area contributed by atoms with E-state index in [2.05, 4.69) is 10.2 Å². The van der Waals surface area contributed by atoms with Gasteiger partial charge in [0.2, 0.25) is 15.9 Å². The number of fused-ring (bicyclic) bond motifs is 2. The number of nitrogens with zero attached hydrogens (tertiary/aromatic N) is 2. The molecule has 0 spiro atoms. The summed E-state index contributed by atoms with van der Waals surface area (Å²) in [7, 11) is -3.47. The second-order valence-electron chi connectivity index (χ2n) is 8.44. The molecule has 0 atom stereocenters. The van der Waals surface area contributed by atoms with E-state index in [0.717, 1.165) is 16.8 Å². The van der Waals surface area contributed by atoms with Crippen LogP contribution in [-0.4, -0.2) is 57.1 Å². The monoisotopic (exact) mass is 477 g/mol. The minimum Gasteiger partial charge on any atom is -0.457 e. The van der Waals surface area contributed by atoms with Crippen LogP contribution in [0.25, 0.3) is 0 Å². The van der Waals surface area contributed by atoms with E-state index in [1.807, 2.05) is 78.9 Å². The predicted octanol–water partition coefficient (Wildman–Crippen LogP) is 3.19. The lowest BCUT2D eigenvalue weighted by molar-refractivity contribution is -0.121. The van der Waals surface area contributed by atoms with Gasteiger partial charge in [-0.25, -0.2) is 8.42 Å². The molecule has 34 heavy (non-hydrogen) atoms. The first kappa shape index (κ1) is 22.4. The van der Waals surface area contributed by atoms with Gasteiger partial charge in [0, 0.05) is 49.5 Å². The highest BCUT2D eigenvalue weighted by molar-refractivity contribution is 7.89. The van der Waals surface area contributed by atoms with Crippen molar-refractivity contribution in [3.8, 4) is 11.5 Å². The number of nitrogens with one attached hydrogen (secondary N) is 1. The zero-order valence-electron chi connectivity index (χ0n) is 18.8. The lowest BCUT2D eigenvalue weighted by Crippen LogP contribution is -2.50. The van der Waals surface area contributed by atoms with Crippen LogP contribution in [0, 0.1) is 0 Å². The second-order valence-corrected chi connectivity index (χ2v) is 10.5. The van der Waals surface area contributed by atoms with Crippen molar-refractivity contribution in [1.82, 2.24) is 9.62 Å². The maximum Gasteiger partial charge on any atom is 0.232 e. The van der Waals surface area contributed by atoms with Gasteiger partial charge in [-0.3, -0.25) is 4.79 Å². The van der Waals surface area contributed by atoms with Crippen molar-refractivity contribution in [2.75, 3.05) is 43.4 Å². The van der Waals surface area contributed by atoms with Crippen LogP contribution >= 0.6 is 0 Å². The summed E-state index contributed by atoms with van der Waals surface area (Å²) < 4.78 is 33.3. The van der Waals surface area contributed by atoms with Gasteiger partial charge in [0.05, 0.1) is 11.7 Å². The average Bonchev–Trinajstić information content (AvgIpc) is 2.87. The third-order valence-electron chi connectivity index (χ3n) is 6.35. The molecule has 0 bridgehead atoms. The molecule has 2 heterocycles. The molecule has 2 aliphatic heterocycles. The van der Waals surface area contributed by atoms with Crippen LogP contribution in [-0.2, 0) is 14.8 Å². The Hall–Kier alpha value is -3.36. The molecule has 0 saturated carbocycles. The van der Waals surface area contributed by atoms with Crippen molar-refractivity contribution in [3.63, 3.8) is 0 Å². The summed E-state index contributed by atoms with van der Waals surface area (Å²) in [4.78, 5) is 15.4. The average molecular weight is 478 g/mol. The molecule has 7 nitrogen and oxygen atoms in total. The van der Waals surface area contributed by atoms with E-state index < -0.39 is 15.9 Å². The molecule has 2 aliphatic rings.